The van der Waals surface area contributed by atoms with E-state index in [1.165, 1.54) is 25.0 Å². The van der Waals surface area contributed by atoms with Crippen LogP contribution in [0.1, 0.15) is 80.6 Å². The van der Waals surface area contributed by atoms with Gasteiger partial charge in [-0.1, -0.05) is 13.8 Å². The van der Waals surface area contributed by atoms with Crippen LogP contribution < -0.4 is 10.2 Å². The van der Waals surface area contributed by atoms with Crippen molar-refractivity contribution in [2.75, 3.05) is 31.1 Å². The number of rotatable bonds is 5. The Labute approximate surface area is 197 Å². The van der Waals surface area contributed by atoms with Gasteiger partial charge in [-0.15, -0.1) is 0 Å². The smallest absolute Gasteiger partial charge is 0.177 e. The topological polar surface area (TPSA) is 84.1 Å². The van der Waals surface area contributed by atoms with Crippen LogP contribution in [0.2, 0.25) is 0 Å². The molecule has 178 valence electrons. The summed E-state index contributed by atoms with van der Waals surface area (Å²) in [5.41, 5.74) is 3.95. The van der Waals surface area contributed by atoms with Gasteiger partial charge in [0.25, 0.3) is 0 Å². The minimum absolute atomic E-state index is 0.524. The van der Waals surface area contributed by atoms with Crippen LogP contribution in [0.25, 0.3) is 5.65 Å². The SMILES string of the molecule is CC.Cc1ncc(C)n2nc(CCc3nc(C4CCNCC4)cc(N4CCCCC4)n3)nc12. The molecule has 1 N–H and O–H groups in total. The van der Waals surface area contributed by atoms with E-state index >= 15 is 0 Å². The normalized spacial score (nSPS) is 17.2. The summed E-state index contributed by atoms with van der Waals surface area (Å²) in [6.45, 7) is 12.3. The van der Waals surface area contributed by atoms with Crippen molar-refractivity contribution in [3.8, 4) is 0 Å². The average Bonchev–Trinajstić information content (AvgIpc) is 3.33. The molecule has 2 fully saturated rings. The highest BCUT2D eigenvalue weighted by molar-refractivity contribution is 5.43. The number of piperidine rings is 2. The molecule has 3 aromatic rings. The van der Waals surface area contributed by atoms with E-state index in [4.69, 9.17) is 20.1 Å². The molecule has 2 aliphatic heterocycles. The molecule has 0 radical (unpaired) electrons. The van der Waals surface area contributed by atoms with Crippen LogP contribution in [0, 0.1) is 13.8 Å². The van der Waals surface area contributed by atoms with Crippen molar-refractivity contribution in [1.82, 2.24) is 34.9 Å². The third-order valence-electron chi connectivity index (χ3n) is 6.54. The lowest BCUT2D eigenvalue weighted by atomic mass is 9.94. The number of hydrogen-bond donors (Lipinski definition) is 1. The number of fused-ring (bicyclic) bond motifs is 1. The minimum atomic E-state index is 0.524. The third kappa shape index (κ3) is 5.49. The fourth-order valence-corrected chi connectivity index (χ4v) is 4.69. The van der Waals surface area contributed by atoms with Gasteiger partial charge in [0.2, 0.25) is 0 Å². The van der Waals surface area contributed by atoms with Gasteiger partial charge in [-0.3, -0.25) is 4.98 Å². The summed E-state index contributed by atoms with van der Waals surface area (Å²) in [6.07, 6.45) is 9.45. The van der Waals surface area contributed by atoms with E-state index in [1.807, 2.05) is 38.4 Å². The van der Waals surface area contributed by atoms with Gasteiger partial charge in [-0.05, 0) is 59.0 Å². The molecule has 8 nitrogen and oxygen atoms in total. The predicted molar refractivity (Wildman–Crippen MR) is 132 cm³/mol. The maximum atomic E-state index is 5.02. The van der Waals surface area contributed by atoms with E-state index in [0.717, 1.165) is 86.4 Å². The van der Waals surface area contributed by atoms with Crippen molar-refractivity contribution in [3.63, 3.8) is 0 Å². The van der Waals surface area contributed by atoms with Crippen LogP contribution in [0.5, 0.6) is 0 Å². The fraction of sp³-hybridized carbons (Fsp3) is 0.640. The lowest BCUT2D eigenvalue weighted by Crippen LogP contribution is -2.31. The largest absolute Gasteiger partial charge is 0.357 e. The average molecular weight is 451 g/mol. The van der Waals surface area contributed by atoms with Gasteiger partial charge in [-0.25, -0.2) is 19.5 Å². The number of nitrogens with one attached hydrogen (secondary N) is 1. The summed E-state index contributed by atoms with van der Waals surface area (Å²) in [5, 5.41) is 8.17. The Morgan fingerprint density at radius 3 is 2.39 bits per heavy atom. The zero-order valence-corrected chi connectivity index (χ0v) is 20.6. The van der Waals surface area contributed by atoms with Crippen LogP contribution in [0.4, 0.5) is 5.82 Å². The van der Waals surface area contributed by atoms with E-state index in [9.17, 15) is 0 Å². The highest BCUT2D eigenvalue weighted by Crippen LogP contribution is 2.27. The lowest BCUT2D eigenvalue weighted by molar-refractivity contribution is 0.451. The van der Waals surface area contributed by atoms with E-state index in [0.29, 0.717) is 5.92 Å². The van der Waals surface area contributed by atoms with Gasteiger partial charge in [-0.2, -0.15) is 5.10 Å². The Morgan fingerprint density at radius 2 is 1.67 bits per heavy atom. The Hall–Kier alpha value is -2.61. The standard InChI is InChI=1S/C23H32N8.C2H6/c1-16-15-25-17(2)23-28-21(29-31(16)23)7-6-20-26-19(18-8-10-24-11-9-18)14-22(27-20)30-12-4-3-5-13-30;1-2/h14-15,18,24H,3-13H2,1-2H3;1-2H3. The molecule has 0 saturated carbocycles. The molecule has 8 heteroatoms. The maximum Gasteiger partial charge on any atom is 0.177 e. The fourth-order valence-electron chi connectivity index (χ4n) is 4.69. The monoisotopic (exact) mass is 450 g/mol. The second-order valence-electron chi connectivity index (χ2n) is 8.89. The van der Waals surface area contributed by atoms with Gasteiger partial charge >= 0.3 is 0 Å². The molecule has 0 amide bonds. The minimum Gasteiger partial charge on any atom is -0.357 e. The zero-order chi connectivity index (χ0) is 23.2. The first-order valence-corrected chi connectivity index (χ1v) is 12.7. The summed E-state index contributed by atoms with van der Waals surface area (Å²) in [5.74, 6) is 3.38. The molecule has 0 atom stereocenters. The molecule has 0 aliphatic carbocycles. The third-order valence-corrected chi connectivity index (χ3v) is 6.54. The zero-order valence-electron chi connectivity index (χ0n) is 20.6. The molecule has 0 bridgehead atoms. The van der Waals surface area contributed by atoms with Crippen LogP contribution in [0.15, 0.2) is 12.3 Å². The Balaban J connectivity index is 0.00000126. The molecule has 3 aromatic heterocycles. The molecule has 0 spiro atoms. The van der Waals surface area contributed by atoms with Crippen molar-refractivity contribution in [3.05, 3.63) is 41.0 Å². The Bertz CT molecular complexity index is 973. The molecule has 0 unspecified atom stereocenters. The maximum absolute atomic E-state index is 5.02. The highest BCUT2D eigenvalue weighted by Gasteiger charge is 2.21. The number of anilines is 1. The van der Waals surface area contributed by atoms with Crippen LogP contribution in [0.3, 0.4) is 0 Å². The van der Waals surface area contributed by atoms with Crippen molar-refractivity contribution in [2.45, 2.75) is 78.6 Å². The molecule has 33 heavy (non-hydrogen) atoms. The first kappa shape index (κ1) is 23.5. The van der Waals surface area contributed by atoms with Gasteiger partial charge < -0.3 is 10.2 Å². The van der Waals surface area contributed by atoms with Crippen LogP contribution >= 0.6 is 0 Å². The summed E-state index contributed by atoms with van der Waals surface area (Å²) in [6, 6.07) is 2.26. The summed E-state index contributed by atoms with van der Waals surface area (Å²) >= 11 is 0. The van der Waals surface area contributed by atoms with E-state index in [-0.39, 0.29) is 0 Å². The predicted octanol–water partition coefficient (Wildman–Crippen LogP) is 3.80. The van der Waals surface area contributed by atoms with Crippen molar-refractivity contribution in [2.24, 2.45) is 0 Å². The molecular weight excluding hydrogens is 412 g/mol. The van der Waals surface area contributed by atoms with Crippen molar-refractivity contribution >= 4 is 11.5 Å². The number of hydrogen-bond acceptors (Lipinski definition) is 7. The first-order valence-electron chi connectivity index (χ1n) is 12.7. The Morgan fingerprint density at radius 1 is 0.939 bits per heavy atom. The molecule has 5 rings (SSSR count). The Kier molecular flexibility index (Phi) is 7.85. The quantitative estimate of drug-likeness (QED) is 0.633. The molecular formula is C25H38N8. The van der Waals surface area contributed by atoms with Crippen molar-refractivity contribution < 1.29 is 0 Å². The van der Waals surface area contributed by atoms with Crippen molar-refractivity contribution in [1.29, 1.82) is 0 Å². The van der Waals surface area contributed by atoms with Gasteiger partial charge in [0.1, 0.15) is 11.6 Å². The number of aryl methyl sites for hydroxylation is 4. The molecule has 0 aromatic carbocycles. The summed E-state index contributed by atoms with van der Waals surface area (Å²) in [4.78, 5) is 21.6. The van der Waals surface area contributed by atoms with Crippen LogP contribution in [-0.4, -0.2) is 55.7 Å². The number of aromatic nitrogens is 6. The highest BCUT2D eigenvalue weighted by atomic mass is 15.3. The van der Waals surface area contributed by atoms with Gasteiger partial charge in [0.15, 0.2) is 11.5 Å². The summed E-state index contributed by atoms with van der Waals surface area (Å²) in [7, 11) is 0. The van der Waals surface area contributed by atoms with Gasteiger partial charge in [0, 0.05) is 49.8 Å². The lowest BCUT2D eigenvalue weighted by Gasteiger charge is -2.29. The summed E-state index contributed by atoms with van der Waals surface area (Å²) < 4.78 is 1.89. The van der Waals surface area contributed by atoms with Crippen LogP contribution in [-0.2, 0) is 12.8 Å². The van der Waals surface area contributed by atoms with Gasteiger partial charge in [0.05, 0.1) is 11.4 Å². The number of nitrogens with zero attached hydrogens (tertiary/aromatic N) is 7. The molecule has 2 aliphatic rings. The van der Waals surface area contributed by atoms with E-state index < -0.39 is 0 Å². The first-order chi connectivity index (χ1) is 16.2. The van der Waals surface area contributed by atoms with E-state index in [1.54, 1.807) is 0 Å². The second-order valence-corrected chi connectivity index (χ2v) is 8.89. The van der Waals surface area contributed by atoms with E-state index in [2.05, 4.69) is 21.3 Å². The second kappa shape index (κ2) is 11.0. The molecule has 2 saturated heterocycles. The molecule has 5 heterocycles.